The summed E-state index contributed by atoms with van der Waals surface area (Å²) in [4.78, 5) is 12.4. The van der Waals surface area contributed by atoms with Crippen molar-refractivity contribution in [3.05, 3.63) is 62.9 Å². The summed E-state index contributed by atoms with van der Waals surface area (Å²) in [6.45, 7) is 2.08. The van der Waals surface area contributed by atoms with E-state index >= 15 is 0 Å². The monoisotopic (exact) mass is 314 g/mol. The fraction of sp³-hybridized carbons (Fsp3) is 0.278. The molecule has 2 aliphatic rings. The van der Waals surface area contributed by atoms with E-state index in [-0.39, 0.29) is 5.78 Å². The van der Waals surface area contributed by atoms with Crippen molar-refractivity contribution in [2.45, 2.75) is 19.8 Å². The molecular weight excluding hydrogens is 296 g/mol. The number of benzene rings is 1. The molecule has 0 radical (unpaired) electrons. The fourth-order valence-electron chi connectivity index (χ4n) is 2.47. The van der Waals surface area contributed by atoms with Crippen molar-refractivity contribution in [1.82, 2.24) is 0 Å². The summed E-state index contributed by atoms with van der Waals surface area (Å²) in [5.74, 6) is 2.55. The van der Waals surface area contributed by atoms with Crippen LogP contribution in [0.15, 0.2) is 51.8 Å². The van der Waals surface area contributed by atoms with Crippen molar-refractivity contribution in [3.63, 3.8) is 0 Å². The molecule has 0 aromatic heterocycles. The molecule has 1 saturated carbocycles. The van der Waals surface area contributed by atoms with Crippen molar-refractivity contribution < 1.29 is 4.79 Å². The van der Waals surface area contributed by atoms with E-state index in [1.807, 2.05) is 35.7 Å². The summed E-state index contributed by atoms with van der Waals surface area (Å²) in [6.07, 6.45) is 7.85. The molecule has 108 valence electrons. The van der Waals surface area contributed by atoms with E-state index in [0.717, 1.165) is 35.5 Å². The van der Waals surface area contributed by atoms with Crippen LogP contribution < -0.4 is 0 Å². The maximum atomic E-state index is 12.4. The number of Topliss-reactive ketones (excluding diaryl/α,β-unsaturated/α-hetero) is 1. The van der Waals surface area contributed by atoms with E-state index in [0.29, 0.717) is 0 Å². The number of hydrogen-bond acceptors (Lipinski definition) is 3. The van der Waals surface area contributed by atoms with Crippen molar-refractivity contribution >= 4 is 35.4 Å². The van der Waals surface area contributed by atoms with Crippen LogP contribution >= 0.6 is 23.5 Å². The van der Waals surface area contributed by atoms with Gasteiger partial charge in [0.05, 0.1) is 0 Å². The number of carbonyl (C=O) groups is 1. The Morgan fingerprint density at radius 2 is 1.76 bits per heavy atom. The lowest BCUT2D eigenvalue weighted by Gasteiger charge is -1.98. The summed E-state index contributed by atoms with van der Waals surface area (Å²) in [5, 5.41) is 0. The van der Waals surface area contributed by atoms with E-state index in [1.165, 1.54) is 15.4 Å². The number of rotatable bonds is 2. The largest absolute Gasteiger partial charge is 0.289 e. The minimum atomic E-state index is 0.264. The Labute approximate surface area is 134 Å². The van der Waals surface area contributed by atoms with Gasteiger partial charge < -0.3 is 0 Å². The average Bonchev–Trinajstić information content (AvgIpc) is 3.12. The zero-order valence-corrected chi connectivity index (χ0v) is 13.7. The Bertz CT molecular complexity index is 628. The van der Waals surface area contributed by atoms with E-state index in [1.54, 1.807) is 0 Å². The van der Waals surface area contributed by atoms with Gasteiger partial charge in [-0.05, 0) is 25.3 Å². The number of carbonyl (C=O) groups excluding carboxylic acids is 1. The van der Waals surface area contributed by atoms with Crippen molar-refractivity contribution in [3.8, 4) is 0 Å². The third-order valence-corrected chi connectivity index (χ3v) is 6.47. The standard InChI is InChI=1S/C18H18OS2/c1-13-5-7-14(8-6-13)3-2-4-15-9-10-16(17(15)19)18-20-11-12-21-18/h2-8H,9-12H2,1H3/b3-2+,15-4+. The molecule has 0 spiro atoms. The molecule has 3 rings (SSSR count). The lowest BCUT2D eigenvalue weighted by atomic mass is 10.1. The van der Waals surface area contributed by atoms with Gasteiger partial charge in [0.25, 0.3) is 0 Å². The van der Waals surface area contributed by atoms with Gasteiger partial charge in [0, 0.05) is 26.9 Å². The Balaban J connectivity index is 1.71. The zero-order chi connectivity index (χ0) is 14.7. The third kappa shape index (κ3) is 3.53. The van der Waals surface area contributed by atoms with E-state index in [4.69, 9.17) is 0 Å². The molecule has 3 heteroatoms. The van der Waals surface area contributed by atoms with Crippen LogP contribution in [0.4, 0.5) is 0 Å². The highest BCUT2D eigenvalue weighted by atomic mass is 32.2. The zero-order valence-electron chi connectivity index (χ0n) is 12.1. The molecule has 0 unspecified atom stereocenters. The first-order valence-corrected chi connectivity index (χ1v) is 9.18. The number of thioether (sulfide) groups is 2. The lowest BCUT2D eigenvalue weighted by Crippen LogP contribution is -1.96. The van der Waals surface area contributed by atoms with Crippen molar-refractivity contribution in [1.29, 1.82) is 0 Å². The second kappa shape index (κ2) is 6.71. The van der Waals surface area contributed by atoms with Crippen LogP contribution in [0.25, 0.3) is 6.08 Å². The van der Waals surface area contributed by atoms with Gasteiger partial charge in [0.1, 0.15) is 0 Å². The van der Waals surface area contributed by atoms with Crippen LogP contribution in [-0.2, 0) is 4.79 Å². The molecule has 21 heavy (non-hydrogen) atoms. The number of ketones is 1. The van der Waals surface area contributed by atoms with Crippen molar-refractivity contribution in [2.75, 3.05) is 11.5 Å². The van der Waals surface area contributed by atoms with Gasteiger partial charge in [-0.15, -0.1) is 23.5 Å². The Kier molecular flexibility index (Phi) is 4.71. The quantitative estimate of drug-likeness (QED) is 0.716. The Morgan fingerprint density at radius 1 is 1.05 bits per heavy atom. The number of hydrogen-bond donors (Lipinski definition) is 0. The first-order valence-electron chi connectivity index (χ1n) is 7.21. The van der Waals surface area contributed by atoms with E-state index in [2.05, 4.69) is 37.3 Å². The summed E-state index contributed by atoms with van der Waals surface area (Å²) in [7, 11) is 0. The topological polar surface area (TPSA) is 17.1 Å². The third-order valence-electron chi connectivity index (χ3n) is 3.67. The molecule has 1 saturated heterocycles. The predicted molar refractivity (Wildman–Crippen MR) is 94.5 cm³/mol. The smallest absolute Gasteiger partial charge is 0.186 e. The van der Waals surface area contributed by atoms with Crippen molar-refractivity contribution in [2.24, 2.45) is 0 Å². The van der Waals surface area contributed by atoms with Crippen LogP contribution in [0.1, 0.15) is 24.0 Å². The molecule has 1 heterocycles. The summed E-state index contributed by atoms with van der Waals surface area (Å²) >= 11 is 3.69. The van der Waals surface area contributed by atoms with Gasteiger partial charge in [0.2, 0.25) is 0 Å². The molecular formula is C18H18OS2. The van der Waals surface area contributed by atoms with Gasteiger partial charge in [0.15, 0.2) is 5.78 Å². The molecule has 0 N–H and O–H groups in total. The second-order valence-corrected chi connectivity index (χ2v) is 7.72. The Hall–Kier alpha value is -1.19. The maximum absolute atomic E-state index is 12.4. The predicted octanol–water partition coefficient (Wildman–Crippen LogP) is 4.99. The highest BCUT2D eigenvalue weighted by molar-refractivity contribution is 8.25. The van der Waals surface area contributed by atoms with Crippen LogP contribution in [0.3, 0.4) is 0 Å². The Morgan fingerprint density at radius 3 is 2.48 bits per heavy atom. The molecule has 1 aliphatic carbocycles. The molecule has 0 atom stereocenters. The van der Waals surface area contributed by atoms with Gasteiger partial charge >= 0.3 is 0 Å². The lowest BCUT2D eigenvalue weighted by molar-refractivity contribution is -0.111. The second-order valence-electron chi connectivity index (χ2n) is 5.25. The number of allylic oxidation sites excluding steroid dienone is 4. The van der Waals surface area contributed by atoms with Crippen LogP contribution in [0.2, 0.25) is 0 Å². The molecule has 0 bridgehead atoms. The van der Waals surface area contributed by atoms with Gasteiger partial charge in [-0.2, -0.15) is 0 Å². The summed E-state index contributed by atoms with van der Waals surface area (Å²) in [5.41, 5.74) is 4.44. The fourth-order valence-corrected chi connectivity index (χ4v) is 5.08. The van der Waals surface area contributed by atoms with E-state index < -0.39 is 0 Å². The first-order chi connectivity index (χ1) is 10.2. The van der Waals surface area contributed by atoms with Gasteiger partial charge in [-0.1, -0.05) is 48.1 Å². The molecule has 2 fully saturated rings. The molecule has 1 aromatic rings. The van der Waals surface area contributed by atoms with Gasteiger partial charge in [-0.3, -0.25) is 4.79 Å². The van der Waals surface area contributed by atoms with Gasteiger partial charge in [-0.25, -0.2) is 0 Å². The SMILES string of the molecule is Cc1ccc(/C=C/C=C2\CCC(=C3SCCS3)C2=O)cc1. The minimum Gasteiger partial charge on any atom is -0.289 e. The number of aryl methyl sites for hydroxylation is 1. The molecule has 0 amide bonds. The summed E-state index contributed by atoms with van der Waals surface area (Å²) < 4.78 is 1.27. The normalized spacial score (nSPS) is 21.2. The van der Waals surface area contributed by atoms with Crippen LogP contribution in [0, 0.1) is 6.92 Å². The first kappa shape index (κ1) is 14.7. The van der Waals surface area contributed by atoms with Crippen LogP contribution in [-0.4, -0.2) is 17.3 Å². The highest BCUT2D eigenvalue weighted by Crippen LogP contribution is 2.43. The summed E-state index contributed by atoms with van der Waals surface area (Å²) in [6, 6.07) is 8.40. The van der Waals surface area contributed by atoms with Crippen LogP contribution in [0.5, 0.6) is 0 Å². The molecule has 1 nitrogen and oxygen atoms in total. The molecule has 1 aliphatic heterocycles. The average molecular weight is 314 g/mol. The maximum Gasteiger partial charge on any atom is 0.186 e. The van der Waals surface area contributed by atoms with E-state index in [9.17, 15) is 4.79 Å². The molecule has 1 aromatic carbocycles. The minimum absolute atomic E-state index is 0.264. The highest BCUT2D eigenvalue weighted by Gasteiger charge is 2.27.